The van der Waals surface area contributed by atoms with E-state index in [4.69, 9.17) is 4.74 Å². The molecule has 0 aliphatic rings. The van der Waals surface area contributed by atoms with Crippen molar-refractivity contribution < 1.29 is 4.74 Å². The van der Waals surface area contributed by atoms with Crippen LogP contribution in [0.5, 0.6) is 0 Å². The van der Waals surface area contributed by atoms with Gasteiger partial charge in [-0.25, -0.2) is 0 Å². The van der Waals surface area contributed by atoms with Gasteiger partial charge in [0, 0.05) is 40.2 Å². The third-order valence-corrected chi connectivity index (χ3v) is 5.12. The fraction of sp³-hybridized carbons (Fsp3) is 0.263. The molecule has 1 heterocycles. The highest BCUT2D eigenvalue weighted by molar-refractivity contribution is 14.1. The van der Waals surface area contributed by atoms with Gasteiger partial charge in [0.05, 0.1) is 6.61 Å². The normalized spacial score (nSPS) is 14.2. The molecule has 0 bridgehead atoms. The number of rotatable bonds is 4. The monoisotopic (exact) mass is 405 g/mol. The molecule has 1 atom stereocenters. The summed E-state index contributed by atoms with van der Waals surface area (Å²) >= 11 is 2.34. The van der Waals surface area contributed by atoms with Crippen LogP contribution in [0.4, 0.5) is 0 Å². The van der Waals surface area contributed by atoms with Crippen LogP contribution in [-0.2, 0) is 17.2 Å². The molecule has 3 rings (SSSR count). The minimum atomic E-state index is -0.167. The van der Waals surface area contributed by atoms with Gasteiger partial charge in [0.25, 0.3) is 0 Å². The van der Waals surface area contributed by atoms with Gasteiger partial charge in [0.1, 0.15) is 0 Å². The zero-order valence-electron chi connectivity index (χ0n) is 13.1. The Labute approximate surface area is 145 Å². The maximum atomic E-state index is 5.59. The van der Waals surface area contributed by atoms with Gasteiger partial charge in [0.15, 0.2) is 0 Å². The number of para-hydroxylation sites is 1. The lowest BCUT2D eigenvalue weighted by molar-refractivity contribution is 0.156. The Hall–Kier alpha value is -1.33. The lowest BCUT2D eigenvalue weighted by atomic mass is 9.77. The number of aromatic nitrogens is 1. The maximum absolute atomic E-state index is 5.59. The van der Waals surface area contributed by atoms with E-state index in [1.165, 1.54) is 25.6 Å². The molecule has 0 saturated heterocycles. The highest BCUT2D eigenvalue weighted by atomic mass is 127. The van der Waals surface area contributed by atoms with Gasteiger partial charge in [0.2, 0.25) is 0 Å². The summed E-state index contributed by atoms with van der Waals surface area (Å²) in [4.78, 5) is 0. The number of ether oxygens (including phenoxy) is 1. The molecule has 3 heteroatoms. The van der Waals surface area contributed by atoms with Crippen molar-refractivity contribution in [2.24, 2.45) is 7.05 Å². The number of hydrogen-bond acceptors (Lipinski definition) is 1. The second kappa shape index (κ2) is 6.05. The van der Waals surface area contributed by atoms with Crippen LogP contribution >= 0.6 is 22.6 Å². The van der Waals surface area contributed by atoms with Gasteiger partial charge in [-0.05, 0) is 58.8 Å². The highest BCUT2D eigenvalue weighted by Gasteiger charge is 2.32. The van der Waals surface area contributed by atoms with Crippen LogP contribution in [0, 0.1) is 3.57 Å². The van der Waals surface area contributed by atoms with Crippen molar-refractivity contribution in [1.82, 2.24) is 4.57 Å². The molecule has 0 aliphatic heterocycles. The smallest absolute Gasteiger partial charge is 0.0598 e. The molecule has 0 N–H and O–H groups in total. The summed E-state index contributed by atoms with van der Waals surface area (Å²) in [6, 6.07) is 17.3. The maximum Gasteiger partial charge on any atom is 0.0598 e. The minimum Gasteiger partial charge on any atom is -0.383 e. The Morgan fingerprint density at radius 3 is 2.45 bits per heavy atom. The number of benzene rings is 2. The van der Waals surface area contributed by atoms with Crippen molar-refractivity contribution in [3.63, 3.8) is 0 Å². The summed E-state index contributed by atoms with van der Waals surface area (Å²) in [5, 5.41) is 1.29. The molecule has 0 radical (unpaired) electrons. The SMILES string of the molecule is COCC(C)(c1ccc(I)cc1)c1cn(C)c2ccccc12. The molecule has 114 valence electrons. The summed E-state index contributed by atoms with van der Waals surface area (Å²) in [5.41, 5.74) is 3.69. The van der Waals surface area contributed by atoms with Crippen LogP contribution in [0.1, 0.15) is 18.1 Å². The van der Waals surface area contributed by atoms with Gasteiger partial charge in [-0.1, -0.05) is 30.3 Å². The summed E-state index contributed by atoms with van der Waals surface area (Å²) in [7, 11) is 3.88. The zero-order valence-corrected chi connectivity index (χ0v) is 15.3. The van der Waals surface area contributed by atoms with Crippen molar-refractivity contribution in [2.75, 3.05) is 13.7 Å². The van der Waals surface area contributed by atoms with E-state index >= 15 is 0 Å². The fourth-order valence-corrected chi connectivity index (χ4v) is 3.56. The van der Waals surface area contributed by atoms with Crippen LogP contribution in [0.15, 0.2) is 54.7 Å². The Morgan fingerprint density at radius 2 is 1.77 bits per heavy atom. The predicted octanol–water partition coefficient (Wildman–Crippen LogP) is 4.74. The van der Waals surface area contributed by atoms with Crippen molar-refractivity contribution in [3.8, 4) is 0 Å². The van der Waals surface area contributed by atoms with Gasteiger partial charge < -0.3 is 9.30 Å². The summed E-state index contributed by atoms with van der Waals surface area (Å²) < 4.78 is 9.04. The summed E-state index contributed by atoms with van der Waals surface area (Å²) in [5.74, 6) is 0. The average Bonchev–Trinajstić information content (AvgIpc) is 2.86. The quantitative estimate of drug-likeness (QED) is 0.573. The van der Waals surface area contributed by atoms with Gasteiger partial charge in [-0.2, -0.15) is 0 Å². The lowest BCUT2D eigenvalue weighted by Gasteiger charge is -2.29. The Balaban J connectivity index is 2.23. The van der Waals surface area contributed by atoms with Crippen molar-refractivity contribution in [3.05, 3.63) is 69.4 Å². The van der Waals surface area contributed by atoms with E-state index in [9.17, 15) is 0 Å². The first kappa shape index (κ1) is 15.6. The predicted molar refractivity (Wildman–Crippen MR) is 100 cm³/mol. The third-order valence-electron chi connectivity index (χ3n) is 4.41. The van der Waals surface area contributed by atoms with Gasteiger partial charge in [-0.3, -0.25) is 0 Å². The van der Waals surface area contributed by atoms with E-state index in [0.29, 0.717) is 6.61 Å². The van der Waals surface area contributed by atoms with Crippen molar-refractivity contribution >= 4 is 33.5 Å². The van der Waals surface area contributed by atoms with Crippen molar-refractivity contribution in [2.45, 2.75) is 12.3 Å². The number of fused-ring (bicyclic) bond motifs is 1. The largest absolute Gasteiger partial charge is 0.383 e. The number of halogens is 1. The Kier molecular flexibility index (Phi) is 4.28. The number of hydrogen-bond donors (Lipinski definition) is 0. The van der Waals surface area contributed by atoms with Crippen LogP contribution in [-0.4, -0.2) is 18.3 Å². The molecule has 0 amide bonds. The standard InChI is InChI=1S/C19H20INO/c1-19(13-22-3,14-8-10-15(20)11-9-14)17-12-21(2)18-7-5-4-6-16(17)18/h4-12H,13H2,1-3H3. The molecule has 1 unspecified atom stereocenters. The van der Waals surface area contributed by atoms with E-state index in [2.05, 4.69) is 95.9 Å². The van der Waals surface area contributed by atoms with E-state index in [0.717, 1.165) is 0 Å². The molecular weight excluding hydrogens is 385 g/mol. The fourth-order valence-electron chi connectivity index (χ4n) is 3.20. The lowest BCUT2D eigenvalue weighted by Crippen LogP contribution is -2.29. The first-order chi connectivity index (χ1) is 10.6. The molecule has 0 spiro atoms. The first-order valence-electron chi connectivity index (χ1n) is 7.36. The number of methoxy groups -OCH3 is 1. The Morgan fingerprint density at radius 1 is 1.09 bits per heavy atom. The highest BCUT2D eigenvalue weighted by Crippen LogP contribution is 2.37. The third kappa shape index (κ3) is 2.57. The van der Waals surface area contributed by atoms with Crippen molar-refractivity contribution in [1.29, 1.82) is 0 Å². The topological polar surface area (TPSA) is 14.2 Å². The number of nitrogens with zero attached hydrogens (tertiary/aromatic N) is 1. The van der Waals surface area contributed by atoms with Crippen LogP contribution in [0.3, 0.4) is 0 Å². The van der Waals surface area contributed by atoms with E-state index in [-0.39, 0.29) is 5.41 Å². The second-order valence-corrected chi connectivity index (χ2v) is 7.19. The Bertz CT molecular complexity index is 791. The molecule has 22 heavy (non-hydrogen) atoms. The molecular formula is C19H20INO. The molecule has 0 fully saturated rings. The summed E-state index contributed by atoms with van der Waals surface area (Å²) in [6.45, 7) is 2.92. The van der Waals surface area contributed by atoms with E-state index < -0.39 is 0 Å². The van der Waals surface area contributed by atoms with Crippen LogP contribution in [0.25, 0.3) is 10.9 Å². The molecule has 1 aromatic heterocycles. The molecule has 0 saturated carbocycles. The second-order valence-electron chi connectivity index (χ2n) is 5.94. The van der Waals surface area contributed by atoms with E-state index in [1.54, 1.807) is 7.11 Å². The number of aryl methyl sites for hydroxylation is 1. The zero-order chi connectivity index (χ0) is 15.7. The molecule has 2 aromatic carbocycles. The van der Waals surface area contributed by atoms with Crippen LogP contribution < -0.4 is 0 Å². The van der Waals surface area contributed by atoms with Gasteiger partial charge >= 0.3 is 0 Å². The molecule has 3 aromatic rings. The summed E-state index contributed by atoms with van der Waals surface area (Å²) in [6.07, 6.45) is 2.24. The first-order valence-corrected chi connectivity index (χ1v) is 8.43. The minimum absolute atomic E-state index is 0.167. The van der Waals surface area contributed by atoms with Crippen LogP contribution in [0.2, 0.25) is 0 Å². The molecule has 0 aliphatic carbocycles. The van der Waals surface area contributed by atoms with E-state index in [1.807, 2.05) is 0 Å². The van der Waals surface area contributed by atoms with Gasteiger partial charge in [-0.15, -0.1) is 0 Å². The molecule has 2 nitrogen and oxygen atoms in total. The average molecular weight is 405 g/mol.